The number of imide groups is 2. The molecule has 0 N–H and O–H groups in total. The second-order valence-electron chi connectivity index (χ2n) is 19.5. The molecule has 0 saturated carbocycles. The highest BCUT2D eigenvalue weighted by atomic mass is 19.4. The van der Waals surface area contributed by atoms with Crippen molar-refractivity contribution in [2.45, 2.75) is 89.7 Å². The van der Waals surface area contributed by atoms with Gasteiger partial charge in [0.15, 0.2) is 0 Å². The van der Waals surface area contributed by atoms with Crippen molar-refractivity contribution < 1.29 is 59.7 Å². The maximum atomic E-state index is 14.9. The third-order valence-electron chi connectivity index (χ3n) is 13.0. The number of hydrogen-bond donors (Lipinski definition) is 0. The molecule has 6 aromatic carbocycles. The summed E-state index contributed by atoms with van der Waals surface area (Å²) in [6, 6.07) is 36.1. The van der Waals surface area contributed by atoms with E-state index in [0.29, 0.717) is 46.2 Å². The monoisotopic (exact) mass is 1000 g/mol. The van der Waals surface area contributed by atoms with Crippen LogP contribution < -0.4 is 4.74 Å². The van der Waals surface area contributed by atoms with Gasteiger partial charge in [-0.05, 0) is 131 Å². The summed E-state index contributed by atoms with van der Waals surface area (Å²) >= 11 is 0. The Morgan fingerprint density at radius 1 is 0.521 bits per heavy atom. The first-order valence-electron chi connectivity index (χ1n) is 24.1. The first-order chi connectivity index (χ1) is 34.7. The van der Waals surface area contributed by atoms with E-state index in [4.69, 9.17) is 14.2 Å². The minimum atomic E-state index is -4.62. The molecule has 73 heavy (non-hydrogen) atoms. The summed E-state index contributed by atoms with van der Waals surface area (Å²) in [6.45, 7) is 7.59. The Balaban J connectivity index is 1.25. The molecule has 0 radical (unpaired) electrons. The molecule has 2 aliphatic rings. The lowest BCUT2D eigenvalue weighted by atomic mass is 9.86. The summed E-state index contributed by atoms with van der Waals surface area (Å²) < 4.78 is 100. The van der Waals surface area contributed by atoms with E-state index in [-0.39, 0.29) is 49.4 Å². The third kappa shape index (κ3) is 12.4. The largest absolute Gasteiger partial charge is 0.457 e. The standard InChI is InChI=1S/C58H54F6N2O7/c1-35(2)23-51(53(67)65-47(33-71-55(65)69)25-37-11-7-5-8-12-37)43-27-41(39-15-19-45(20-16-39)57(59,60)61)29-49(31-43)73-50-30-42(40-17-21-46(22-18-40)58(62,63)64)28-44(32-50)52(24-36(3)4)54(68)66-48(34-72-56(66)70)26-38-13-9-6-10-14-38/h5-22,27-32,35-36,47-48,51-52H,23-26,33-34H2,1-4H3. The van der Waals surface area contributed by atoms with Gasteiger partial charge in [0.2, 0.25) is 11.8 Å². The maximum absolute atomic E-state index is 14.9. The van der Waals surface area contributed by atoms with Crippen LogP contribution in [0.3, 0.4) is 0 Å². The van der Waals surface area contributed by atoms with Gasteiger partial charge in [-0.25, -0.2) is 19.4 Å². The van der Waals surface area contributed by atoms with Crippen LogP contribution in [0.1, 0.15) is 85.8 Å². The van der Waals surface area contributed by atoms with E-state index in [1.54, 1.807) is 36.4 Å². The zero-order valence-corrected chi connectivity index (χ0v) is 40.6. The van der Waals surface area contributed by atoms with Crippen molar-refractivity contribution in [2.75, 3.05) is 13.2 Å². The molecule has 2 fully saturated rings. The van der Waals surface area contributed by atoms with Gasteiger partial charge in [-0.15, -0.1) is 0 Å². The van der Waals surface area contributed by atoms with E-state index in [9.17, 15) is 45.5 Å². The van der Waals surface area contributed by atoms with Gasteiger partial charge in [0, 0.05) is 0 Å². The first-order valence-corrected chi connectivity index (χ1v) is 24.1. The lowest BCUT2D eigenvalue weighted by Crippen LogP contribution is -2.43. The Labute approximate surface area is 419 Å². The molecular weight excluding hydrogens is 951 g/mol. The minimum Gasteiger partial charge on any atom is -0.457 e. The second-order valence-corrected chi connectivity index (χ2v) is 19.5. The van der Waals surface area contributed by atoms with Crippen LogP contribution in [0.5, 0.6) is 11.5 Å². The second kappa shape index (κ2) is 21.7. The maximum Gasteiger partial charge on any atom is 0.417 e. The number of amides is 4. The van der Waals surface area contributed by atoms with Gasteiger partial charge < -0.3 is 14.2 Å². The molecule has 9 nitrogen and oxygen atoms in total. The highest BCUT2D eigenvalue weighted by Gasteiger charge is 2.43. The van der Waals surface area contributed by atoms with Crippen LogP contribution in [0.2, 0.25) is 0 Å². The van der Waals surface area contributed by atoms with Gasteiger partial charge in [0.05, 0.1) is 35.0 Å². The van der Waals surface area contributed by atoms with E-state index in [2.05, 4.69) is 0 Å². The van der Waals surface area contributed by atoms with Crippen LogP contribution in [-0.2, 0) is 44.3 Å². The van der Waals surface area contributed by atoms with E-state index in [0.717, 1.165) is 45.2 Å². The van der Waals surface area contributed by atoms with Crippen molar-refractivity contribution in [3.8, 4) is 33.8 Å². The number of carbonyl (C=O) groups is 4. The highest BCUT2D eigenvalue weighted by molar-refractivity contribution is 5.98. The molecule has 15 heteroatoms. The summed E-state index contributed by atoms with van der Waals surface area (Å²) in [5.41, 5.74) is 2.22. The summed E-state index contributed by atoms with van der Waals surface area (Å²) in [6.07, 6.45) is -9.70. The number of benzene rings is 6. The fourth-order valence-corrected chi connectivity index (χ4v) is 9.51. The lowest BCUT2D eigenvalue weighted by Gasteiger charge is -2.27. The Morgan fingerprint density at radius 3 is 1.21 bits per heavy atom. The number of carbonyl (C=O) groups excluding carboxylic acids is 4. The van der Waals surface area contributed by atoms with Crippen molar-refractivity contribution in [2.24, 2.45) is 11.8 Å². The molecule has 4 amide bonds. The summed E-state index contributed by atoms with van der Waals surface area (Å²) in [5.74, 6) is -3.01. The summed E-state index contributed by atoms with van der Waals surface area (Å²) in [7, 11) is 0. The van der Waals surface area contributed by atoms with Crippen LogP contribution in [0.15, 0.2) is 146 Å². The van der Waals surface area contributed by atoms with Crippen LogP contribution >= 0.6 is 0 Å². The third-order valence-corrected chi connectivity index (χ3v) is 13.0. The van der Waals surface area contributed by atoms with Gasteiger partial charge in [-0.3, -0.25) is 9.59 Å². The van der Waals surface area contributed by atoms with Crippen molar-refractivity contribution in [3.05, 3.63) is 179 Å². The molecule has 0 spiro atoms. The molecule has 0 bridgehead atoms. The fourth-order valence-electron chi connectivity index (χ4n) is 9.51. The van der Waals surface area contributed by atoms with Crippen LogP contribution in [0.4, 0.5) is 35.9 Å². The molecule has 6 aromatic rings. The van der Waals surface area contributed by atoms with Crippen molar-refractivity contribution >= 4 is 24.0 Å². The van der Waals surface area contributed by atoms with E-state index in [1.165, 1.54) is 24.3 Å². The van der Waals surface area contributed by atoms with Crippen molar-refractivity contribution in [3.63, 3.8) is 0 Å². The SMILES string of the molecule is CC(C)CC(C(=O)N1C(=O)OCC1Cc1ccccc1)c1cc(Oc2cc(-c3ccc(C(F)(F)F)cc3)cc(C(CC(C)C)C(=O)N3C(=O)OCC3Cc3ccccc3)c2)cc(-c2ccc(C(F)(F)F)cc2)c1. The number of cyclic esters (lactones) is 2. The number of ether oxygens (including phenoxy) is 3. The topological polar surface area (TPSA) is 102 Å². The minimum absolute atomic E-state index is 0.0294. The number of rotatable bonds is 16. The fraction of sp³-hybridized carbons (Fsp3) is 0.310. The molecule has 4 unspecified atom stereocenters. The molecular formula is C58H54F6N2O7. The lowest BCUT2D eigenvalue weighted by molar-refractivity contribution is -0.138. The van der Waals surface area contributed by atoms with Gasteiger partial charge >= 0.3 is 24.5 Å². The van der Waals surface area contributed by atoms with Crippen LogP contribution in [-0.4, -0.2) is 59.1 Å². The Kier molecular flexibility index (Phi) is 15.5. The smallest absolute Gasteiger partial charge is 0.417 e. The van der Waals surface area contributed by atoms with Crippen molar-refractivity contribution in [1.82, 2.24) is 9.80 Å². The Bertz CT molecular complexity index is 2730. The zero-order valence-electron chi connectivity index (χ0n) is 40.6. The molecule has 380 valence electrons. The van der Waals surface area contributed by atoms with E-state index >= 15 is 0 Å². The van der Waals surface area contributed by atoms with Gasteiger partial charge in [-0.1, -0.05) is 125 Å². The van der Waals surface area contributed by atoms with Crippen LogP contribution in [0.25, 0.3) is 22.3 Å². The van der Waals surface area contributed by atoms with Crippen LogP contribution in [0, 0.1) is 11.8 Å². The zero-order chi connectivity index (χ0) is 52.2. The quantitative estimate of drug-likeness (QED) is 0.0890. The predicted molar refractivity (Wildman–Crippen MR) is 262 cm³/mol. The molecule has 0 aliphatic carbocycles. The Hall–Kier alpha value is -7.42. The van der Waals surface area contributed by atoms with E-state index in [1.807, 2.05) is 88.4 Å². The summed E-state index contributed by atoms with van der Waals surface area (Å²) in [5, 5.41) is 0. The normalized spacial score (nSPS) is 16.9. The average molecular weight is 1010 g/mol. The van der Waals surface area contributed by atoms with E-state index < -0.39 is 71.4 Å². The number of hydrogen-bond acceptors (Lipinski definition) is 7. The van der Waals surface area contributed by atoms with Gasteiger partial charge in [-0.2, -0.15) is 26.3 Å². The molecule has 2 aliphatic heterocycles. The molecule has 4 atom stereocenters. The predicted octanol–water partition coefficient (Wildman–Crippen LogP) is 14.3. The highest BCUT2D eigenvalue weighted by Crippen LogP contribution is 2.41. The summed E-state index contributed by atoms with van der Waals surface area (Å²) in [4.78, 5) is 58.9. The molecule has 8 rings (SSSR count). The molecule has 2 saturated heterocycles. The number of alkyl halides is 6. The molecule has 0 aromatic heterocycles. The van der Waals surface area contributed by atoms with Gasteiger partial charge in [0.25, 0.3) is 0 Å². The van der Waals surface area contributed by atoms with Gasteiger partial charge in [0.1, 0.15) is 24.7 Å². The number of nitrogens with zero attached hydrogens (tertiary/aromatic N) is 2. The average Bonchev–Trinajstić information content (AvgIpc) is 3.91. The Morgan fingerprint density at radius 2 is 0.877 bits per heavy atom. The first kappa shape index (κ1) is 51.9. The van der Waals surface area contributed by atoms with Crippen molar-refractivity contribution in [1.29, 1.82) is 0 Å². The molecule has 2 heterocycles. The number of halogens is 6.